The number of anilines is 2. The number of halogens is 3. The topological polar surface area (TPSA) is 89.8 Å². The molecule has 0 unspecified atom stereocenters. The van der Waals surface area contributed by atoms with E-state index in [0.717, 1.165) is 16.5 Å². The second-order valence-corrected chi connectivity index (χ2v) is 7.49. The van der Waals surface area contributed by atoms with E-state index in [-0.39, 0.29) is 17.6 Å². The van der Waals surface area contributed by atoms with E-state index in [0.29, 0.717) is 24.2 Å². The zero-order chi connectivity index (χ0) is 17.7. The first-order valence-electron chi connectivity index (χ1n) is 7.03. The van der Waals surface area contributed by atoms with Gasteiger partial charge >= 0.3 is 6.18 Å². The molecule has 0 amide bonds. The van der Waals surface area contributed by atoms with Crippen LogP contribution in [0.5, 0.6) is 0 Å². The molecule has 24 heavy (non-hydrogen) atoms. The molecule has 2 heterocycles. The van der Waals surface area contributed by atoms with Crippen molar-refractivity contribution >= 4 is 21.7 Å². The fourth-order valence-corrected chi connectivity index (χ4v) is 2.76. The van der Waals surface area contributed by atoms with Gasteiger partial charge in [0.05, 0.1) is 35.1 Å². The Hall–Kier alpha value is -2.17. The molecule has 1 aliphatic rings. The lowest BCUT2D eigenvalue weighted by atomic mass is 10.1. The number of hydrogen-bond donors (Lipinski definition) is 1. The predicted molar refractivity (Wildman–Crippen MR) is 79.5 cm³/mol. The zero-order valence-corrected chi connectivity index (χ0v) is 13.6. The maximum Gasteiger partial charge on any atom is 0.419 e. The Morgan fingerprint density at radius 3 is 2.50 bits per heavy atom. The number of alkyl halides is 3. The van der Waals surface area contributed by atoms with Gasteiger partial charge in [0.15, 0.2) is 0 Å². The van der Waals surface area contributed by atoms with Crippen LogP contribution in [0.3, 0.4) is 0 Å². The van der Waals surface area contributed by atoms with Crippen molar-refractivity contribution in [3.8, 4) is 0 Å². The third kappa shape index (κ3) is 3.35. The van der Waals surface area contributed by atoms with Gasteiger partial charge in [0.2, 0.25) is 5.95 Å². The van der Waals surface area contributed by atoms with Gasteiger partial charge in [-0.2, -0.15) is 22.4 Å². The van der Waals surface area contributed by atoms with Gasteiger partial charge in [0, 0.05) is 12.1 Å². The second kappa shape index (κ2) is 5.43. The summed E-state index contributed by atoms with van der Waals surface area (Å²) in [5.41, 5.74) is -0.203. The Morgan fingerprint density at radius 1 is 1.33 bits per heavy atom. The summed E-state index contributed by atoms with van der Waals surface area (Å²) in [7, 11) is -3.56. The van der Waals surface area contributed by atoms with E-state index >= 15 is 0 Å². The van der Waals surface area contributed by atoms with Crippen LogP contribution < -0.4 is 5.32 Å². The molecule has 0 bridgehead atoms. The first-order chi connectivity index (χ1) is 11.1. The van der Waals surface area contributed by atoms with Crippen molar-refractivity contribution in [2.75, 3.05) is 11.6 Å². The van der Waals surface area contributed by atoms with Crippen molar-refractivity contribution in [2.24, 2.45) is 0 Å². The first kappa shape index (κ1) is 16.7. The smallest absolute Gasteiger partial charge is 0.321 e. The van der Waals surface area contributed by atoms with Crippen LogP contribution in [0.1, 0.15) is 35.7 Å². The van der Waals surface area contributed by atoms with Gasteiger partial charge < -0.3 is 5.32 Å². The van der Waals surface area contributed by atoms with E-state index in [1.165, 1.54) is 6.20 Å². The van der Waals surface area contributed by atoms with Crippen LogP contribution >= 0.6 is 0 Å². The third-order valence-corrected chi connectivity index (χ3v) is 4.42. The molecule has 1 fully saturated rings. The van der Waals surface area contributed by atoms with Crippen LogP contribution in [0.25, 0.3) is 0 Å². The molecule has 0 aromatic carbocycles. The molecule has 1 saturated carbocycles. The number of nitrogens with one attached hydrogen (secondary N) is 1. The highest BCUT2D eigenvalue weighted by Gasteiger charge is 2.40. The molecular weight excluding hydrogens is 347 g/mol. The molecule has 0 aliphatic heterocycles. The summed E-state index contributed by atoms with van der Waals surface area (Å²) in [4.78, 5) is 7.68. The Bertz CT molecular complexity index is 887. The standard InChI is InChI=1S/C13H14F3N5O2S/c1-7-10(6-21(20-7)24(2,22)23)18-12-17-5-9(13(14,15)16)11(19-12)8-3-4-8/h5-6,8H,3-4H2,1-2H3,(H,17,18,19). The summed E-state index contributed by atoms with van der Waals surface area (Å²) in [6.07, 6.45) is -0.229. The van der Waals surface area contributed by atoms with Gasteiger partial charge in [0.25, 0.3) is 10.0 Å². The van der Waals surface area contributed by atoms with Crippen molar-refractivity contribution in [2.45, 2.75) is 31.9 Å². The van der Waals surface area contributed by atoms with Gasteiger partial charge in [-0.05, 0) is 19.8 Å². The molecule has 1 aliphatic carbocycles. The molecule has 0 atom stereocenters. The highest BCUT2D eigenvalue weighted by molar-refractivity contribution is 7.89. The third-order valence-electron chi connectivity index (χ3n) is 3.55. The minimum atomic E-state index is -4.51. The molecule has 3 rings (SSSR count). The van der Waals surface area contributed by atoms with E-state index in [1.54, 1.807) is 6.92 Å². The number of aromatic nitrogens is 4. The average molecular weight is 361 g/mol. The summed E-state index contributed by atoms with van der Waals surface area (Å²) in [5.74, 6) is -0.244. The quantitative estimate of drug-likeness (QED) is 0.900. The van der Waals surface area contributed by atoms with Crippen LogP contribution in [-0.4, -0.2) is 33.8 Å². The summed E-state index contributed by atoms with van der Waals surface area (Å²) in [5, 5.41) is 6.56. The van der Waals surface area contributed by atoms with Gasteiger partial charge in [-0.3, -0.25) is 0 Å². The highest BCUT2D eigenvalue weighted by Crippen LogP contribution is 2.45. The van der Waals surface area contributed by atoms with Crippen molar-refractivity contribution in [1.82, 2.24) is 19.2 Å². The second-order valence-electron chi connectivity index (χ2n) is 5.65. The number of aryl methyl sites for hydroxylation is 1. The maximum absolute atomic E-state index is 13.0. The summed E-state index contributed by atoms with van der Waals surface area (Å²) in [6, 6.07) is 0. The monoisotopic (exact) mass is 361 g/mol. The van der Waals surface area contributed by atoms with Crippen LogP contribution in [0.15, 0.2) is 12.4 Å². The number of nitrogens with zero attached hydrogens (tertiary/aromatic N) is 4. The summed E-state index contributed by atoms with van der Waals surface area (Å²) in [6.45, 7) is 1.57. The molecule has 7 nitrogen and oxygen atoms in total. The molecule has 0 radical (unpaired) electrons. The van der Waals surface area contributed by atoms with Crippen molar-refractivity contribution in [3.63, 3.8) is 0 Å². The van der Waals surface area contributed by atoms with Gasteiger partial charge in [-0.1, -0.05) is 0 Å². The Morgan fingerprint density at radius 2 is 2.00 bits per heavy atom. The molecule has 130 valence electrons. The Balaban J connectivity index is 1.94. The molecule has 0 spiro atoms. The lowest BCUT2D eigenvalue weighted by molar-refractivity contribution is -0.138. The van der Waals surface area contributed by atoms with E-state index in [1.807, 2.05) is 0 Å². The Kier molecular flexibility index (Phi) is 3.78. The molecule has 1 N–H and O–H groups in total. The van der Waals surface area contributed by atoms with Crippen LogP contribution in [0.2, 0.25) is 0 Å². The molecule has 2 aromatic heterocycles. The molecule has 0 saturated heterocycles. The van der Waals surface area contributed by atoms with Gasteiger partial charge in [-0.25, -0.2) is 18.4 Å². The number of hydrogen-bond acceptors (Lipinski definition) is 6. The van der Waals surface area contributed by atoms with Crippen molar-refractivity contribution < 1.29 is 21.6 Å². The van der Waals surface area contributed by atoms with E-state index in [4.69, 9.17) is 0 Å². The molecule has 2 aromatic rings. The predicted octanol–water partition coefficient (Wildman–Crippen LogP) is 2.43. The van der Waals surface area contributed by atoms with E-state index in [2.05, 4.69) is 20.4 Å². The van der Waals surface area contributed by atoms with Gasteiger partial charge in [0.1, 0.15) is 0 Å². The lowest BCUT2D eigenvalue weighted by Crippen LogP contribution is -2.12. The SMILES string of the molecule is Cc1nn(S(C)(=O)=O)cc1Nc1ncc(C(F)(F)F)c(C2CC2)n1. The molecule has 11 heteroatoms. The fraction of sp³-hybridized carbons (Fsp3) is 0.462. The average Bonchev–Trinajstić information content (AvgIpc) is 3.22. The van der Waals surface area contributed by atoms with E-state index < -0.39 is 21.8 Å². The van der Waals surface area contributed by atoms with Crippen molar-refractivity contribution in [1.29, 1.82) is 0 Å². The largest absolute Gasteiger partial charge is 0.419 e. The molecular formula is C13H14F3N5O2S. The van der Waals surface area contributed by atoms with Crippen LogP contribution in [0.4, 0.5) is 24.8 Å². The minimum absolute atomic E-state index is 0.0268. The van der Waals surface area contributed by atoms with E-state index in [9.17, 15) is 21.6 Å². The first-order valence-corrected chi connectivity index (χ1v) is 8.88. The lowest BCUT2D eigenvalue weighted by Gasteiger charge is -2.12. The minimum Gasteiger partial charge on any atom is -0.321 e. The van der Waals surface area contributed by atoms with Gasteiger partial charge in [-0.15, -0.1) is 0 Å². The summed E-state index contributed by atoms with van der Waals surface area (Å²) < 4.78 is 62.8. The van der Waals surface area contributed by atoms with Crippen LogP contribution in [-0.2, 0) is 16.2 Å². The normalized spacial score (nSPS) is 15.5. The Labute approximate surface area is 136 Å². The summed E-state index contributed by atoms with van der Waals surface area (Å²) >= 11 is 0. The zero-order valence-electron chi connectivity index (χ0n) is 12.8. The number of rotatable bonds is 4. The van der Waals surface area contributed by atoms with Crippen molar-refractivity contribution in [3.05, 3.63) is 29.3 Å². The maximum atomic E-state index is 13.0. The fourth-order valence-electron chi connectivity index (χ4n) is 2.19. The van der Waals surface area contributed by atoms with Crippen LogP contribution in [0, 0.1) is 6.92 Å². The highest BCUT2D eigenvalue weighted by atomic mass is 32.2.